The number of nitrogens with zero attached hydrogens (tertiary/aromatic N) is 2. The monoisotopic (exact) mass is 443 g/mol. The highest BCUT2D eigenvalue weighted by Gasteiger charge is 2.31. The summed E-state index contributed by atoms with van der Waals surface area (Å²) < 4.78 is 34.5. The van der Waals surface area contributed by atoms with Crippen molar-refractivity contribution in [2.75, 3.05) is 37.7 Å². The van der Waals surface area contributed by atoms with Crippen LogP contribution in [0.3, 0.4) is 0 Å². The fourth-order valence-corrected chi connectivity index (χ4v) is 5.64. The quantitative estimate of drug-likeness (QED) is 0.741. The molecular weight excluding hydrogens is 414 g/mol. The van der Waals surface area contributed by atoms with Crippen molar-refractivity contribution in [3.8, 4) is 0 Å². The minimum atomic E-state index is -3.69. The number of anilines is 1. The standard InChI is InChI=1S/C23H29N3O4S/c1-17-14-20-15-21(8-9-22(20)26(17)18(2)27)31(28,29)24-16-23(19-6-4-3-5-7-19)25-10-12-30-13-11-25/h3-9,15,17,23-24H,10-14,16H2,1-2H3/t17-,23-/m1/s1. The summed E-state index contributed by atoms with van der Waals surface area (Å²) in [6.45, 7) is 6.60. The molecule has 2 atom stereocenters. The molecule has 1 fully saturated rings. The van der Waals surface area contributed by atoms with Crippen molar-refractivity contribution in [1.29, 1.82) is 0 Å². The molecule has 2 aliphatic rings. The molecule has 0 radical (unpaired) electrons. The molecule has 7 nitrogen and oxygen atoms in total. The van der Waals surface area contributed by atoms with E-state index in [2.05, 4.69) is 9.62 Å². The average Bonchev–Trinajstić information content (AvgIpc) is 3.10. The van der Waals surface area contributed by atoms with E-state index in [-0.39, 0.29) is 29.4 Å². The largest absolute Gasteiger partial charge is 0.379 e. The molecule has 2 heterocycles. The number of amides is 1. The third-order valence-electron chi connectivity index (χ3n) is 6.05. The number of carbonyl (C=O) groups excluding carboxylic acids is 1. The summed E-state index contributed by atoms with van der Waals surface area (Å²) in [6, 6.07) is 14.9. The number of nitrogens with one attached hydrogen (secondary N) is 1. The van der Waals surface area contributed by atoms with Crippen LogP contribution in [-0.4, -0.2) is 58.1 Å². The maximum absolute atomic E-state index is 13.1. The van der Waals surface area contributed by atoms with Crippen molar-refractivity contribution in [3.05, 3.63) is 59.7 Å². The maximum Gasteiger partial charge on any atom is 0.240 e. The second kappa shape index (κ2) is 9.08. The van der Waals surface area contributed by atoms with Gasteiger partial charge in [0.2, 0.25) is 15.9 Å². The van der Waals surface area contributed by atoms with Crippen LogP contribution < -0.4 is 9.62 Å². The third kappa shape index (κ3) is 4.67. The van der Waals surface area contributed by atoms with Crippen LogP contribution in [0.1, 0.15) is 31.0 Å². The number of ether oxygens (including phenoxy) is 1. The van der Waals surface area contributed by atoms with Gasteiger partial charge in [0, 0.05) is 44.3 Å². The van der Waals surface area contributed by atoms with Crippen LogP contribution in [-0.2, 0) is 26.0 Å². The molecule has 8 heteroatoms. The van der Waals surface area contributed by atoms with Crippen molar-refractivity contribution in [2.24, 2.45) is 0 Å². The van der Waals surface area contributed by atoms with Gasteiger partial charge in [0.1, 0.15) is 0 Å². The Labute approximate surface area is 184 Å². The predicted octanol–water partition coefficient (Wildman–Crippen LogP) is 2.34. The Morgan fingerprint density at radius 2 is 1.87 bits per heavy atom. The van der Waals surface area contributed by atoms with Crippen LogP contribution in [0.15, 0.2) is 53.4 Å². The summed E-state index contributed by atoms with van der Waals surface area (Å²) in [4.78, 5) is 16.2. The highest BCUT2D eigenvalue weighted by Crippen LogP contribution is 2.34. The molecule has 0 spiro atoms. The van der Waals surface area contributed by atoms with E-state index in [1.54, 1.807) is 23.1 Å². The molecule has 2 aromatic carbocycles. The van der Waals surface area contributed by atoms with Crippen LogP contribution >= 0.6 is 0 Å². The first-order valence-electron chi connectivity index (χ1n) is 10.7. The van der Waals surface area contributed by atoms with Gasteiger partial charge in [-0.2, -0.15) is 0 Å². The summed E-state index contributed by atoms with van der Waals surface area (Å²) in [5.74, 6) is -0.0313. The summed E-state index contributed by atoms with van der Waals surface area (Å²) in [5, 5.41) is 0. The second-order valence-electron chi connectivity index (χ2n) is 8.16. The van der Waals surface area contributed by atoms with Crippen LogP contribution in [0.2, 0.25) is 0 Å². The van der Waals surface area contributed by atoms with Gasteiger partial charge < -0.3 is 9.64 Å². The Bertz CT molecular complexity index is 1040. The van der Waals surface area contributed by atoms with Crippen LogP contribution in [0, 0.1) is 0 Å². The van der Waals surface area contributed by atoms with Crippen molar-refractivity contribution in [3.63, 3.8) is 0 Å². The Morgan fingerprint density at radius 1 is 1.16 bits per heavy atom. The van der Waals surface area contributed by atoms with Crippen LogP contribution in [0.5, 0.6) is 0 Å². The molecular formula is C23H29N3O4S. The molecule has 0 aromatic heterocycles. The summed E-state index contributed by atoms with van der Waals surface area (Å²) in [5.41, 5.74) is 2.76. The molecule has 1 amide bonds. The number of hydrogen-bond donors (Lipinski definition) is 1. The highest BCUT2D eigenvalue weighted by molar-refractivity contribution is 7.89. The number of fused-ring (bicyclic) bond motifs is 1. The third-order valence-corrected chi connectivity index (χ3v) is 7.47. The molecule has 166 valence electrons. The highest BCUT2D eigenvalue weighted by atomic mass is 32.2. The summed E-state index contributed by atoms with van der Waals surface area (Å²) in [6.07, 6.45) is 0.651. The molecule has 0 bridgehead atoms. The van der Waals surface area contributed by atoms with E-state index >= 15 is 0 Å². The topological polar surface area (TPSA) is 79.0 Å². The van der Waals surface area contributed by atoms with E-state index in [4.69, 9.17) is 4.74 Å². The number of sulfonamides is 1. The fraction of sp³-hybridized carbons (Fsp3) is 0.435. The van der Waals surface area contributed by atoms with Gasteiger partial charge in [-0.25, -0.2) is 13.1 Å². The maximum atomic E-state index is 13.1. The Kier molecular flexibility index (Phi) is 6.43. The number of rotatable bonds is 6. The summed E-state index contributed by atoms with van der Waals surface area (Å²) >= 11 is 0. The Morgan fingerprint density at radius 3 is 2.55 bits per heavy atom. The Hall–Kier alpha value is -2.26. The molecule has 1 N–H and O–H groups in total. The van der Waals surface area contributed by atoms with Crippen molar-refractivity contribution >= 4 is 21.6 Å². The molecule has 4 rings (SSSR count). The molecule has 1 saturated heterocycles. The zero-order valence-electron chi connectivity index (χ0n) is 18.0. The molecule has 2 aromatic rings. The lowest BCUT2D eigenvalue weighted by atomic mass is 10.1. The lowest BCUT2D eigenvalue weighted by molar-refractivity contribution is -0.116. The zero-order valence-corrected chi connectivity index (χ0v) is 18.8. The second-order valence-corrected chi connectivity index (χ2v) is 9.93. The minimum absolute atomic E-state index is 0.0298. The first-order chi connectivity index (χ1) is 14.9. The number of morpholine rings is 1. The van der Waals surface area contributed by atoms with E-state index < -0.39 is 10.0 Å². The van der Waals surface area contributed by atoms with Gasteiger partial charge in [0.25, 0.3) is 0 Å². The van der Waals surface area contributed by atoms with Crippen LogP contribution in [0.25, 0.3) is 0 Å². The average molecular weight is 444 g/mol. The van der Waals surface area contributed by atoms with Crippen molar-refractivity contribution in [2.45, 2.75) is 37.2 Å². The van der Waals surface area contributed by atoms with Gasteiger partial charge in [-0.3, -0.25) is 9.69 Å². The van der Waals surface area contributed by atoms with Gasteiger partial charge in [-0.15, -0.1) is 0 Å². The van der Waals surface area contributed by atoms with Gasteiger partial charge in [-0.1, -0.05) is 30.3 Å². The van der Waals surface area contributed by atoms with E-state index in [0.29, 0.717) is 19.6 Å². The number of hydrogen-bond acceptors (Lipinski definition) is 5. The lowest BCUT2D eigenvalue weighted by Gasteiger charge is -2.34. The van der Waals surface area contributed by atoms with Crippen LogP contribution in [0.4, 0.5) is 5.69 Å². The molecule has 2 aliphatic heterocycles. The van der Waals surface area contributed by atoms with Crippen molar-refractivity contribution in [1.82, 2.24) is 9.62 Å². The normalized spacial score (nSPS) is 20.5. The van der Waals surface area contributed by atoms with Gasteiger partial charge in [0.05, 0.1) is 18.1 Å². The minimum Gasteiger partial charge on any atom is -0.379 e. The zero-order chi connectivity index (χ0) is 22.0. The number of benzene rings is 2. The van der Waals surface area contributed by atoms with Gasteiger partial charge >= 0.3 is 0 Å². The van der Waals surface area contributed by atoms with E-state index in [0.717, 1.165) is 29.9 Å². The number of carbonyl (C=O) groups is 1. The fourth-order valence-electron chi connectivity index (χ4n) is 4.55. The summed E-state index contributed by atoms with van der Waals surface area (Å²) in [7, 11) is -3.69. The van der Waals surface area contributed by atoms with E-state index in [1.165, 1.54) is 6.92 Å². The molecule has 0 saturated carbocycles. The van der Waals surface area contributed by atoms with Gasteiger partial charge in [-0.05, 0) is 42.7 Å². The van der Waals surface area contributed by atoms with Crippen molar-refractivity contribution < 1.29 is 17.9 Å². The SMILES string of the molecule is CC(=O)N1c2ccc(S(=O)(=O)NC[C@H](c3ccccc3)N3CCOCC3)cc2C[C@H]1C. The Balaban J connectivity index is 1.54. The molecule has 0 aliphatic carbocycles. The molecule has 31 heavy (non-hydrogen) atoms. The predicted molar refractivity (Wildman–Crippen MR) is 120 cm³/mol. The van der Waals surface area contributed by atoms with E-state index in [1.807, 2.05) is 37.3 Å². The smallest absolute Gasteiger partial charge is 0.240 e. The van der Waals surface area contributed by atoms with Gasteiger partial charge in [0.15, 0.2) is 0 Å². The first kappa shape index (κ1) is 22.0. The van der Waals surface area contributed by atoms with E-state index in [9.17, 15) is 13.2 Å². The first-order valence-corrected chi connectivity index (χ1v) is 12.1. The molecule has 0 unspecified atom stereocenters. The lowest BCUT2D eigenvalue weighted by Crippen LogP contribution is -2.43.